The molecule has 0 aliphatic rings. The molecule has 0 unspecified atom stereocenters. The van der Waals surface area contributed by atoms with Gasteiger partial charge in [0.1, 0.15) is 0 Å². The lowest BCUT2D eigenvalue weighted by Crippen LogP contribution is -2.01. The zero-order valence-electron chi connectivity index (χ0n) is 26.1. The van der Waals surface area contributed by atoms with Gasteiger partial charge in [0.2, 0.25) is 0 Å². The topological polar surface area (TPSA) is 38.7 Å². The Morgan fingerprint density at radius 2 is 0.792 bits per heavy atom. The van der Waals surface area contributed by atoms with Gasteiger partial charge in [-0.25, -0.2) is 15.0 Å². The first-order chi connectivity index (χ1) is 23.8. The van der Waals surface area contributed by atoms with Crippen LogP contribution < -0.4 is 0 Å². The molecule has 3 heteroatoms. The molecule has 0 saturated heterocycles. The summed E-state index contributed by atoms with van der Waals surface area (Å²) in [5.41, 5.74) is 7.41. The molecule has 0 N–H and O–H groups in total. The van der Waals surface area contributed by atoms with Crippen molar-refractivity contribution in [2.24, 2.45) is 0 Å². The second kappa shape index (κ2) is 11.7. The van der Waals surface area contributed by atoms with Gasteiger partial charge in [0.05, 0.1) is 0 Å². The molecule has 1 aromatic heterocycles. The third kappa shape index (κ3) is 4.99. The highest BCUT2D eigenvalue weighted by Crippen LogP contribution is 2.37. The fraction of sp³-hybridized carbons (Fsp3) is 0. The summed E-state index contributed by atoms with van der Waals surface area (Å²) in [6.07, 6.45) is 0. The second-order valence-corrected chi connectivity index (χ2v) is 12.0. The summed E-state index contributed by atoms with van der Waals surface area (Å²) < 4.78 is 0. The molecule has 3 nitrogen and oxygen atoms in total. The SMILES string of the molecule is c1ccc(-c2ccccc2-c2nc(-c3ccc(-c4ccc5ccccc5c4)cc3)nc(-c3cc4ccccc4c4ccccc34)n2)cc1. The summed E-state index contributed by atoms with van der Waals surface area (Å²) in [4.78, 5) is 15.5. The first-order valence-corrected chi connectivity index (χ1v) is 16.2. The predicted octanol–water partition coefficient (Wildman–Crippen LogP) is 11.7. The Bertz CT molecular complexity index is 2610. The van der Waals surface area contributed by atoms with Gasteiger partial charge < -0.3 is 0 Å². The van der Waals surface area contributed by atoms with Crippen LogP contribution in [0.5, 0.6) is 0 Å². The van der Waals surface area contributed by atoms with Crippen LogP contribution >= 0.6 is 0 Å². The van der Waals surface area contributed by atoms with Crippen LogP contribution in [0.25, 0.3) is 88.7 Å². The first kappa shape index (κ1) is 27.8. The van der Waals surface area contributed by atoms with Crippen LogP contribution in [0, 0.1) is 0 Å². The maximum Gasteiger partial charge on any atom is 0.164 e. The van der Waals surface area contributed by atoms with Crippen LogP contribution in [0.4, 0.5) is 0 Å². The van der Waals surface area contributed by atoms with Gasteiger partial charge in [-0.05, 0) is 66.7 Å². The van der Waals surface area contributed by atoms with Crippen molar-refractivity contribution in [1.29, 1.82) is 0 Å². The van der Waals surface area contributed by atoms with E-state index in [1.165, 1.54) is 27.1 Å². The molecule has 0 bridgehead atoms. The van der Waals surface area contributed by atoms with Crippen LogP contribution in [0.2, 0.25) is 0 Å². The van der Waals surface area contributed by atoms with E-state index in [-0.39, 0.29) is 0 Å². The lowest BCUT2D eigenvalue weighted by molar-refractivity contribution is 1.08. The van der Waals surface area contributed by atoms with Crippen molar-refractivity contribution in [3.8, 4) is 56.4 Å². The van der Waals surface area contributed by atoms with Crippen molar-refractivity contribution in [3.05, 3.63) is 176 Å². The fourth-order valence-electron chi connectivity index (χ4n) is 6.71. The Kier molecular flexibility index (Phi) is 6.80. The molecule has 0 aliphatic carbocycles. The fourth-order valence-corrected chi connectivity index (χ4v) is 6.71. The molecule has 48 heavy (non-hydrogen) atoms. The van der Waals surface area contributed by atoms with Crippen LogP contribution in [0.3, 0.4) is 0 Å². The van der Waals surface area contributed by atoms with Crippen molar-refractivity contribution in [3.63, 3.8) is 0 Å². The zero-order valence-corrected chi connectivity index (χ0v) is 26.1. The Balaban J connectivity index is 1.24. The van der Waals surface area contributed by atoms with E-state index < -0.39 is 0 Å². The number of aromatic nitrogens is 3. The summed E-state index contributed by atoms with van der Waals surface area (Å²) in [6.45, 7) is 0. The molecule has 0 atom stereocenters. The minimum absolute atomic E-state index is 0.639. The summed E-state index contributed by atoms with van der Waals surface area (Å²) in [5.74, 6) is 1.93. The molecule has 0 fully saturated rings. The Hall–Kier alpha value is -6.45. The second-order valence-electron chi connectivity index (χ2n) is 12.0. The molecular weight excluding hydrogens is 583 g/mol. The van der Waals surface area contributed by atoms with Crippen molar-refractivity contribution >= 4 is 32.3 Å². The number of rotatable bonds is 5. The van der Waals surface area contributed by atoms with E-state index >= 15 is 0 Å². The quantitative estimate of drug-likeness (QED) is 0.182. The third-order valence-electron chi connectivity index (χ3n) is 9.12. The van der Waals surface area contributed by atoms with Gasteiger partial charge in [0.15, 0.2) is 17.5 Å². The monoisotopic (exact) mass is 611 g/mol. The number of hydrogen-bond donors (Lipinski definition) is 0. The minimum Gasteiger partial charge on any atom is -0.208 e. The highest BCUT2D eigenvalue weighted by molar-refractivity contribution is 6.13. The van der Waals surface area contributed by atoms with E-state index in [9.17, 15) is 0 Å². The summed E-state index contributed by atoms with van der Waals surface area (Å²) in [5, 5.41) is 7.12. The Morgan fingerprint density at radius 1 is 0.250 bits per heavy atom. The Labute approximate surface area is 278 Å². The average molecular weight is 612 g/mol. The van der Waals surface area contributed by atoms with Crippen molar-refractivity contribution in [2.45, 2.75) is 0 Å². The average Bonchev–Trinajstić information content (AvgIpc) is 3.17. The van der Waals surface area contributed by atoms with Gasteiger partial charge in [0.25, 0.3) is 0 Å². The van der Waals surface area contributed by atoms with E-state index in [1.54, 1.807) is 0 Å². The van der Waals surface area contributed by atoms with Gasteiger partial charge in [-0.1, -0.05) is 164 Å². The van der Waals surface area contributed by atoms with E-state index in [0.717, 1.165) is 44.2 Å². The largest absolute Gasteiger partial charge is 0.208 e. The first-order valence-electron chi connectivity index (χ1n) is 16.2. The van der Waals surface area contributed by atoms with Crippen molar-refractivity contribution < 1.29 is 0 Å². The Morgan fingerprint density at radius 3 is 1.58 bits per heavy atom. The number of benzene rings is 8. The smallest absolute Gasteiger partial charge is 0.164 e. The maximum absolute atomic E-state index is 5.21. The van der Waals surface area contributed by atoms with E-state index in [0.29, 0.717) is 17.5 Å². The number of hydrogen-bond acceptors (Lipinski definition) is 3. The van der Waals surface area contributed by atoms with Crippen molar-refractivity contribution in [1.82, 2.24) is 15.0 Å². The van der Waals surface area contributed by atoms with Crippen LogP contribution in [0.1, 0.15) is 0 Å². The molecule has 1 heterocycles. The molecule has 0 aliphatic heterocycles. The standard InChI is InChI=1S/C45H29N3/c1-2-13-32(14-3-1)37-17-8-11-21-41(37)44-46-43(33-25-22-31(23-26-33)35-27-24-30-12-4-5-15-34(30)28-35)47-45(48-44)42-29-36-16-6-7-18-38(36)39-19-9-10-20-40(39)42/h1-29H. The van der Waals surface area contributed by atoms with E-state index in [4.69, 9.17) is 15.0 Å². The number of fused-ring (bicyclic) bond motifs is 4. The van der Waals surface area contributed by atoms with Crippen LogP contribution in [-0.2, 0) is 0 Å². The lowest BCUT2D eigenvalue weighted by atomic mass is 9.96. The summed E-state index contributed by atoms with van der Waals surface area (Å²) in [6, 6.07) is 61.7. The molecule has 224 valence electrons. The molecule has 0 spiro atoms. The molecule has 8 aromatic carbocycles. The summed E-state index contributed by atoms with van der Waals surface area (Å²) in [7, 11) is 0. The predicted molar refractivity (Wildman–Crippen MR) is 200 cm³/mol. The molecule has 9 aromatic rings. The van der Waals surface area contributed by atoms with Crippen LogP contribution in [-0.4, -0.2) is 15.0 Å². The number of nitrogens with zero attached hydrogens (tertiary/aromatic N) is 3. The van der Waals surface area contributed by atoms with Gasteiger partial charge in [-0.15, -0.1) is 0 Å². The maximum atomic E-state index is 5.21. The zero-order chi connectivity index (χ0) is 31.9. The molecule has 0 amide bonds. The normalized spacial score (nSPS) is 11.3. The molecular formula is C45H29N3. The van der Waals surface area contributed by atoms with E-state index in [1.807, 2.05) is 6.07 Å². The van der Waals surface area contributed by atoms with E-state index in [2.05, 4.69) is 170 Å². The van der Waals surface area contributed by atoms with Gasteiger partial charge in [-0.3, -0.25) is 0 Å². The lowest BCUT2D eigenvalue weighted by Gasteiger charge is -2.14. The molecule has 9 rings (SSSR count). The van der Waals surface area contributed by atoms with Gasteiger partial charge in [-0.2, -0.15) is 0 Å². The third-order valence-corrected chi connectivity index (χ3v) is 9.12. The summed E-state index contributed by atoms with van der Waals surface area (Å²) >= 11 is 0. The van der Waals surface area contributed by atoms with Crippen molar-refractivity contribution in [2.75, 3.05) is 0 Å². The van der Waals surface area contributed by atoms with Gasteiger partial charge in [0, 0.05) is 16.7 Å². The van der Waals surface area contributed by atoms with Gasteiger partial charge >= 0.3 is 0 Å². The molecule has 0 saturated carbocycles. The highest BCUT2D eigenvalue weighted by atomic mass is 15.0. The minimum atomic E-state index is 0.639. The highest BCUT2D eigenvalue weighted by Gasteiger charge is 2.18. The molecule has 0 radical (unpaired) electrons. The van der Waals surface area contributed by atoms with Crippen LogP contribution in [0.15, 0.2) is 176 Å².